The molecule has 0 saturated heterocycles. The summed E-state index contributed by atoms with van der Waals surface area (Å²) in [7, 11) is 0. The van der Waals surface area contributed by atoms with Gasteiger partial charge in [-0.1, -0.05) is 25.1 Å². The van der Waals surface area contributed by atoms with Crippen LogP contribution in [0, 0.1) is 0 Å². The Balaban J connectivity index is 2.55. The molecule has 0 bridgehead atoms. The molecule has 2 rings (SSSR count). The molecule has 0 radical (unpaired) electrons. The van der Waals surface area contributed by atoms with E-state index in [0.717, 1.165) is 11.3 Å². The number of nitrogens with zero attached hydrogens (tertiary/aromatic N) is 2. The summed E-state index contributed by atoms with van der Waals surface area (Å²) >= 11 is 0. The third-order valence-electron chi connectivity index (χ3n) is 3.11. The van der Waals surface area contributed by atoms with E-state index in [1.165, 1.54) is 0 Å². The topological polar surface area (TPSA) is 64.1 Å². The molecule has 4 heteroatoms. The van der Waals surface area contributed by atoms with Gasteiger partial charge < -0.3 is 10.8 Å². The van der Waals surface area contributed by atoms with E-state index >= 15 is 0 Å². The van der Waals surface area contributed by atoms with Crippen LogP contribution >= 0.6 is 0 Å². The monoisotopic (exact) mass is 231 g/mol. The molecular weight excluding hydrogens is 214 g/mol. The zero-order valence-electron chi connectivity index (χ0n) is 9.87. The van der Waals surface area contributed by atoms with E-state index < -0.39 is 5.41 Å². The Labute approximate surface area is 101 Å². The average Bonchev–Trinajstić information content (AvgIpc) is 2.92. The lowest BCUT2D eigenvalue weighted by atomic mass is 9.82. The molecule has 2 aromatic rings. The Morgan fingerprint density at radius 2 is 2.12 bits per heavy atom. The number of aliphatic hydroxyl groups excluding tert-OH is 1. The highest BCUT2D eigenvalue weighted by molar-refractivity contribution is 5.45. The van der Waals surface area contributed by atoms with E-state index in [2.05, 4.69) is 5.10 Å². The van der Waals surface area contributed by atoms with Gasteiger partial charge in [-0.15, -0.1) is 0 Å². The summed E-state index contributed by atoms with van der Waals surface area (Å²) in [5, 5.41) is 13.8. The molecule has 1 aromatic carbocycles. The lowest BCUT2D eigenvalue weighted by Crippen LogP contribution is -2.36. The van der Waals surface area contributed by atoms with Gasteiger partial charge in [-0.25, -0.2) is 4.68 Å². The fourth-order valence-electron chi connectivity index (χ4n) is 1.85. The third-order valence-corrected chi connectivity index (χ3v) is 3.11. The number of para-hydroxylation sites is 1. The van der Waals surface area contributed by atoms with Crippen LogP contribution < -0.4 is 5.73 Å². The molecule has 1 atom stereocenters. The Morgan fingerprint density at radius 1 is 1.35 bits per heavy atom. The van der Waals surface area contributed by atoms with Gasteiger partial charge in [0.25, 0.3) is 0 Å². The normalized spacial score (nSPS) is 14.5. The summed E-state index contributed by atoms with van der Waals surface area (Å²) in [5.74, 6) is 0. The fraction of sp³-hybridized carbons (Fsp3) is 0.308. The van der Waals surface area contributed by atoms with Gasteiger partial charge in [0.1, 0.15) is 0 Å². The molecule has 0 aliphatic heterocycles. The van der Waals surface area contributed by atoms with Crippen molar-refractivity contribution < 1.29 is 5.11 Å². The Kier molecular flexibility index (Phi) is 3.26. The van der Waals surface area contributed by atoms with E-state index in [1.807, 2.05) is 43.5 Å². The van der Waals surface area contributed by atoms with Crippen molar-refractivity contribution in [3.05, 3.63) is 48.3 Å². The van der Waals surface area contributed by atoms with Gasteiger partial charge in [-0.05, 0) is 17.7 Å². The second kappa shape index (κ2) is 4.69. The Bertz CT molecular complexity index is 475. The van der Waals surface area contributed by atoms with Crippen LogP contribution in [0.1, 0.15) is 12.5 Å². The first kappa shape index (κ1) is 11.8. The predicted octanol–water partition coefficient (Wildman–Crippen LogP) is 1.08. The van der Waals surface area contributed by atoms with Gasteiger partial charge in [0, 0.05) is 24.4 Å². The number of hydrogen-bond acceptors (Lipinski definition) is 3. The van der Waals surface area contributed by atoms with Gasteiger partial charge in [-0.2, -0.15) is 5.10 Å². The van der Waals surface area contributed by atoms with Crippen LogP contribution in [0.15, 0.2) is 42.7 Å². The maximum atomic E-state index is 9.55. The van der Waals surface area contributed by atoms with E-state index in [1.54, 1.807) is 10.9 Å². The summed E-state index contributed by atoms with van der Waals surface area (Å²) in [4.78, 5) is 0. The maximum absolute atomic E-state index is 9.55. The van der Waals surface area contributed by atoms with Crippen molar-refractivity contribution >= 4 is 0 Å². The van der Waals surface area contributed by atoms with Crippen molar-refractivity contribution in [3.63, 3.8) is 0 Å². The molecule has 0 spiro atoms. The minimum atomic E-state index is -0.442. The van der Waals surface area contributed by atoms with E-state index in [9.17, 15) is 5.11 Å². The van der Waals surface area contributed by atoms with E-state index in [0.29, 0.717) is 6.54 Å². The number of aromatic nitrogens is 2. The third kappa shape index (κ3) is 2.09. The largest absolute Gasteiger partial charge is 0.395 e. The van der Waals surface area contributed by atoms with Gasteiger partial charge in [0.2, 0.25) is 0 Å². The number of rotatable bonds is 4. The minimum absolute atomic E-state index is 0.0157. The summed E-state index contributed by atoms with van der Waals surface area (Å²) in [6.07, 6.45) is 3.61. The Hall–Kier alpha value is -1.65. The quantitative estimate of drug-likeness (QED) is 0.827. The number of aliphatic hydroxyl groups is 1. The zero-order chi connectivity index (χ0) is 12.3. The second-order valence-corrected chi connectivity index (χ2v) is 4.39. The van der Waals surface area contributed by atoms with Crippen LogP contribution in [0.3, 0.4) is 0 Å². The van der Waals surface area contributed by atoms with Crippen molar-refractivity contribution in [1.82, 2.24) is 9.78 Å². The van der Waals surface area contributed by atoms with Gasteiger partial charge in [0.05, 0.1) is 12.3 Å². The highest BCUT2D eigenvalue weighted by atomic mass is 16.3. The SMILES string of the molecule is CC(CN)(CO)c1ccccc1-n1cccn1. The summed E-state index contributed by atoms with van der Waals surface area (Å²) in [6, 6.07) is 9.74. The van der Waals surface area contributed by atoms with Gasteiger partial charge in [0.15, 0.2) is 0 Å². The van der Waals surface area contributed by atoms with Crippen LogP contribution in [0.25, 0.3) is 5.69 Å². The smallest absolute Gasteiger partial charge is 0.0684 e. The van der Waals surface area contributed by atoms with Crippen LogP contribution in [0.5, 0.6) is 0 Å². The van der Waals surface area contributed by atoms with Crippen molar-refractivity contribution in [1.29, 1.82) is 0 Å². The molecule has 1 heterocycles. The molecule has 3 N–H and O–H groups in total. The first-order valence-electron chi connectivity index (χ1n) is 5.62. The van der Waals surface area contributed by atoms with Crippen LogP contribution in [-0.4, -0.2) is 28.0 Å². The number of nitrogens with two attached hydrogens (primary N) is 1. The molecule has 4 nitrogen and oxygen atoms in total. The van der Waals surface area contributed by atoms with Gasteiger partial charge in [-0.3, -0.25) is 0 Å². The standard InChI is InChI=1S/C13H17N3O/c1-13(9-14,10-17)11-5-2-3-6-12(11)16-8-4-7-15-16/h2-8,17H,9-10,14H2,1H3. The molecule has 0 amide bonds. The number of benzene rings is 1. The second-order valence-electron chi connectivity index (χ2n) is 4.39. The zero-order valence-corrected chi connectivity index (χ0v) is 9.87. The van der Waals surface area contributed by atoms with Crippen molar-refractivity contribution in [2.75, 3.05) is 13.2 Å². The highest BCUT2D eigenvalue weighted by Crippen LogP contribution is 2.27. The summed E-state index contributed by atoms with van der Waals surface area (Å²) in [6.45, 7) is 2.36. The summed E-state index contributed by atoms with van der Waals surface area (Å²) in [5.41, 5.74) is 7.31. The van der Waals surface area contributed by atoms with Crippen LogP contribution in [-0.2, 0) is 5.41 Å². The lowest BCUT2D eigenvalue weighted by molar-refractivity contribution is 0.210. The maximum Gasteiger partial charge on any atom is 0.0684 e. The Morgan fingerprint density at radius 3 is 2.71 bits per heavy atom. The first-order valence-corrected chi connectivity index (χ1v) is 5.62. The minimum Gasteiger partial charge on any atom is -0.395 e. The molecule has 1 aromatic heterocycles. The first-order chi connectivity index (χ1) is 8.21. The molecule has 17 heavy (non-hydrogen) atoms. The molecule has 1 unspecified atom stereocenters. The molecular formula is C13H17N3O. The molecule has 0 fully saturated rings. The van der Waals surface area contributed by atoms with Crippen molar-refractivity contribution in [3.8, 4) is 5.69 Å². The van der Waals surface area contributed by atoms with Crippen LogP contribution in [0.4, 0.5) is 0 Å². The lowest BCUT2D eigenvalue weighted by Gasteiger charge is -2.28. The fourth-order valence-corrected chi connectivity index (χ4v) is 1.85. The molecule has 0 aliphatic carbocycles. The van der Waals surface area contributed by atoms with E-state index in [4.69, 9.17) is 5.73 Å². The number of hydrogen-bond donors (Lipinski definition) is 2. The van der Waals surface area contributed by atoms with Gasteiger partial charge >= 0.3 is 0 Å². The van der Waals surface area contributed by atoms with Crippen molar-refractivity contribution in [2.24, 2.45) is 5.73 Å². The van der Waals surface area contributed by atoms with Crippen molar-refractivity contribution in [2.45, 2.75) is 12.3 Å². The average molecular weight is 231 g/mol. The highest BCUT2D eigenvalue weighted by Gasteiger charge is 2.27. The molecule has 0 aliphatic rings. The van der Waals surface area contributed by atoms with E-state index in [-0.39, 0.29) is 6.61 Å². The summed E-state index contributed by atoms with van der Waals surface area (Å²) < 4.78 is 1.79. The molecule has 0 saturated carbocycles. The van der Waals surface area contributed by atoms with Crippen LogP contribution in [0.2, 0.25) is 0 Å². The predicted molar refractivity (Wildman–Crippen MR) is 67.1 cm³/mol. The molecule has 90 valence electrons.